The molecule has 0 aliphatic rings. The molecule has 0 saturated heterocycles. The lowest BCUT2D eigenvalue weighted by atomic mass is 10.2. The molecule has 5 nitrogen and oxygen atoms in total. The zero-order chi connectivity index (χ0) is 17.6. The first kappa shape index (κ1) is 18.1. The monoisotopic (exact) mass is 348 g/mol. The van der Waals surface area contributed by atoms with Gasteiger partial charge in [0.25, 0.3) is 10.0 Å². The fourth-order valence-corrected chi connectivity index (χ4v) is 3.18. The Morgan fingerprint density at radius 2 is 1.54 bits per heavy atom. The maximum absolute atomic E-state index is 12.4. The van der Waals surface area contributed by atoms with Crippen LogP contribution in [-0.4, -0.2) is 21.1 Å². The quantitative estimate of drug-likeness (QED) is 0.754. The summed E-state index contributed by atoms with van der Waals surface area (Å²) in [5.41, 5.74) is 1.49. The van der Waals surface area contributed by atoms with Crippen molar-refractivity contribution < 1.29 is 13.2 Å². The highest BCUT2D eigenvalue weighted by molar-refractivity contribution is 7.92. The highest BCUT2D eigenvalue weighted by Crippen LogP contribution is 2.21. The molecule has 0 bridgehead atoms. The van der Waals surface area contributed by atoms with Gasteiger partial charge in [0, 0.05) is 17.4 Å². The highest BCUT2D eigenvalue weighted by Gasteiger charge is 2.14. The first-order valence-electron chi connectivity index (χ1n) is 8.07. The third kappa shape index (κ3) is 4.89. The minimum atomic E-state index is -3.61. The van der Waals surface area contributed by atoms with Crippen LogP contribution in [0.4, 0.5) is 11.4 Å². The van der Waals surface area contributed by atoms with E-state index in [2.05, 4.69) is 23.9 Å². The zero-order valence-electron chi connectivity index (χ0n) is 14.2. The maximum Gasteiger partial charge on any atom is 0.261 e. The molecule has 1 unspecified atom stereocenters. The van der Waals surface area contributed by atoms with Crippen LogP contribution in [0.3, 0.4) is 0 Å². The second-order valence-corrected chi connectivity index (χ2v) is 7.22. The molecule has 0 aliphatic heterocycles. The molecule has 2 N–H and O–H groups in total. The number of nitrogens with one attached hydrogen (secondary N) is 2. The molecule has 2 aromatic rings. The van der Waals surface area contributed by atoms with Crippen molar-refractivity contribution in [3.63, 3.8) is 0 Å². The molecule has 0 spiro atoms. The summed E-state index contributed by atoms with van der Waals surface area (Å²) in [4.78, 5) is 0.202. The van der Waals surface area contributed by atoms with E-state index in [0.717, 1.165) is 12.1 Å². The molecule has 2 aromatic carbocycles. The molecule has 24 heavy (non-hydrogen) atoms. The van der Waals surface area contributed by atoms with E-state index >= 15 is 0 Å². The summed E-state index contributed by atoms with van der Waals surface area (Å²) in [6, 6.07) is 14.0. The summed E-state index contributed by atoms with van der Waals surface area (Å²) in [5, 5.41) is 3.34. The lowest BCUT2D eigenvalue weighted by Gasteiger charge is -2.14. The Kier molecular flexibility index (Phi) is 6.09. The van der Waals surface area contributed by atoms with Crippen molar-refractivity contribution in [2.45, 2.75) is 38.1 Å². The van der Waals surface area contributed by atoms with Gasteiger partial charge in [0.05, 0.1) is 11.5 Å². The fourth-order valence-electron chi connectivity index (χ4n) is 2.12. The van der Waals surface area contributed by atoms with Crippen molar-refractivity contribution in [1.82, 2.24) is 0 Å². The predicted molar refractivity (Wildman–Crippen MR) is 98.2 cm³/mol. The molecule has 0 saturated carbocycles. The molecule has 0 aliphatic carbocycles. The molecule has 0 amide bonds. The summed E-state index contributed by atoms with van der Waals surface area (Å²) >= 11 is 0. The van der Waals surface area contributed by atoms with E-state index in [9.17, 15) is 8.42 Å². The van der Waals surface area contributed by atoms with Crippen LogP contribution in [0.25, 0.3) is 0 Å². The Labute approximate surface area is 144 Å². The van der Waals surface area contributed by atoms with E-state index in [1.165, 1.54) is 12.1 Å². The molecule has 1 atom stereocenters. The van der Waals surface area contributed by atoms with Crippen molar-refractivity contribution >= 4 is 21.4 Å². The number of benzene rings is 2. The number of hydrogen-bond acceptors (Lipinski definition) is 4. The molecule has 0 radical (unpaired) electrons. The van der Waals surface area contributed by atoms with E-state index in [-0.39, 0.29) is 4.90 Å². The first-order valence-corrected chi connectivity index (χ1v) is 9.55. The third-order valence-corrected chi connectivity index (χ3v) is 5.00. The second kappa shape index (κ2) is 8.06. The standard InChI is InChI=1S/C18H24N2O3S/c1-4-14(3)19-15-6-8-16(9-7-15)20-24(21,22)18-12-10-17(11-13-18)23-5-2/h6-14,19-20H,4-5H2,1-3H3. The van der Waals surface area contributed by atoms with E-state index in [1.807, 2.05) is 19.1 Å². The largest absolute Gasteiger partial charge is 0.494 e. The number of sulfonamides is 1. The van der Waals surface area contributed by atoms with Gasteiger partial charge in [-0.15, -0.1) is 0 Å². The number of hydrogen-bond donors (Lipinski definition) is 2. The predicted octanol–water partition coefficient (Wildman–Crippen LogP) is 4.10. The zero-order valence-corrected chi connectivity index (χ0v) is 15.1. The van der Waals surface area contributed by atoms with Crippen LogP contribution in [-0.2, 0) is 10.0 Å². The Bertz CT molecular complexity index is 741. The minimum absolute atomic E-state index is 0.202. The summed E-state index contributed by atoms with van der Waals surface area (Å²) in [7, 11) is -3.61. The Morgan fingerprint density at radius 1 is 0.958 bits per heavy atom. The van der Waals surface area contributed by atoms with Crippen LogP contribution in [0, 0.1) is 0 Å². The van der Waals surface area contributed by atoms with Gasteiger partial charge in [-0.1, -0.05) is 6.92 Å². The van der Waals surface area contributed by atoms with E-state index in [0.29, 0.717) is 24.1 Å². The van der Waals surface area contributed by atoms with Crippen LogP contribution in [0.15, 0.2) is 53.4 Å². The molecule has 6 heteroatoms. The SMILES string of the molecule is CCOc1ccc(S(=O)(=O)Nc2ccc(NC(C)CC)cc2)cc1. The smallest absolute Gasteiger partial charge is 0.261 e. The topological polar surface area (TPSA) is 67.4 Å². The van der Waals surface area contributed by atoms with Crippen LogP contribution in [0.5, 0.6) is 5.75 Å². The van der Waals surface area contributed by atoms with E-state index < -0.39 is 10.0 Å². The molecular formula is C18H24N2O3S. The van der Waals surface area contributed by atoms with Crippen molar-refractivity contribution in [3.8, 4) is 5.75 Å². The third-order valence-electron chi connectivity index (χ3n) is 3.61. The van der Waals surface area contributed by atoms with Gasteiger partial charge in [-0.3, -0.25) is 4.72 Å². The molecule has 0 heterocycles. The molecule has 130 valence electrons. The van der Waals surface area contributed by atoms with Gasteiger partial charge in [0.2, 0.25) is 0 Å². The summed E-state index contributed by atoms with van der Waals surface area (Å²) < 4.78 is 32.7. The summed E-state index contributed by atoms with van der Waals surface area (Å²) in [5.74, 6) is 0.650. The van der Waals surface area contributed by atoms with E-state index in [4.69, 9.17) is 4.74 Å². The van der Waals surface area contributed by atoms with Gasteiger partial charge < -0.3 is 10.1 Å². The Balaban J connectivity index is 2.08. The van der Waals surface area contributed by atoms with Gasteiger partial charge in [0.1, 0.15) is 5.75 Å². The van der Waals surface area contributed by atoms with Crippen molar-refractivity contribution in [2.24, 2.45) is 0 Å². The Morgan fingerprint density at radius 3 is 2.08 bits per heavy atom. The molecular weight excluding hydrogens is 324 g/mol. The van der Waals surface area contributed by atoms with Gasteiger partial charge in [0.15, 0.2) is 0 Å². The van der Waals surface area contributed by atoms with Gasteiger partial charge in [-0.05, 0) is 68.8 Å². The first-order chi connectivity index (χ1) is 11.4. The fraction of sp³-hybridized carbons (Fsp3) is 0.333. The maximum atomic E-state index is 12.4. The van der Waals surface area contributed by atoms with Gasteiger partial charge >= 0.3 is 0 Å². The molecule has 0 fully saturated rings. The molecule has 0 aromatic heterocycles. The van der Waals surface area contributed by atoms with Crippen molar-refractivity contribution in [2.75, 3.05) is 16.6 Å². The number of anilines is 2. The lowest BCUT2D eigenvalue weighted by molar-refractivity contribution is 0.340. The minimum Gasteiger partial charge on any atom is -0.494 e. The Hall–Kier alpha value is -2.21. The second-order valence-electron chi connectivity index (χ2n) is 5.54. The average molecular weight is 348 g/mol. The van der Waals surface area contributed by atoms with Gasteiger partial charge in [-0.25, -0.2) is 8.42 Å². The highest BCUT2D eigenvalue weighted by atomic mass is 32.2. The van der Waals surface area contributed by atoms with Crippen LogP contribution in [0.2, 0.25) is 0 Å². The van der Waals surface area contributed by atoms with Crippen LogP contribution in [0.1, 0.15) is 27.2 Å². The van der Waals surface area contributed by atoms with Crippen molar-refractivity contribution in [3.05, 3.63) is 48.5 Å². The lowest BCUT2D eigenvalue weighted by Crippen LogP contribution is -2.14. The normalized spacial score (nSPS) is 12.5. The molecule has 2 rings (SSSR count). The van der Waals surface area contributed by atoms with Crippen LogP contribution >= 0.6 is 0 Å². The van der Waals surface area contributed by atoms with E-state index in [1.54, 1.807) is 24.3 Å². The summed E-state index contributed by atoms with van der Waals surface area (Å²) in [6.45, 7) is 6.63. The van der Waals surface area contributed by atoms with Gasteiger partial charge in [-0.2, -0.15) is 0 Å². The average Bonchev–Trinajstić information content (AvgIpc) is 2.57. The number of ether oxygens (including phenoxy) is 1. The summed E-state index contributed by atoms with van der Waals surface area (Å²) in [6.07, 6.45) is 1.02. The number of rotatable bonds is 8. The van der Waals surface area contributed by atoms with Crippen molar-refractivity contribution in [1.29, 1.82) is 0 Å². The van der Waals surface area contributed by atoms with Crippen LogP contribution < -0.4 is 14.8 Å².